The molecule has 3 aliphatic carbocycles. The molecule has 5 atom stereocenters. The molecule has 14 heteroatoms. The van der Waals surface area contributed by atoms with Gasteiger partial charge >= 0.3 is 19.1 Å². The molecule has 4 fully saturated rings. The number of nitrogens with one attached hydrogen (secondary N) is 2. The maximum Gasteiger partial charge on any atom is 0.482 e. The van der Waals surface area contributed by atoms with E-state index < -0.39 is 58.7 Å². The second kappa shape index (κ2) is 12.6. The van der Waals surface area contributed by atoms with E-state index in [0.717, 1.165) is 19.1 Å². The first-order valence-corrected chi connectivity index (χ1v) is 16.8. The lowest BCUT2D eigenvalue weighted by Crippen LogP contribution is -2.65. The highest BCUT2D eigenvalue weighted by Crippen LogP contribution is 2.65. The van der Waals surface area contributed by atoms with Gasteiger partial charge in [-0.15, -0.1) is 0 Å². The van der Waals surface area contributed by atoms with Crippen molar-refractivity contribution in [2.75, 3.05) is 26.7 Å². The average molecular weight is 637 g/mol. The van der Waals surface area contributed by atoms with Gasteiger partial charge in [-0.2, -0.15) is 0 Å². The van der Waals surface area contributed by atoms with E-state index in [1.807, 2.05) is 0 Å². The van der Waals surface area contributed by atoms with E-state index in [1.165, 1.54) is 13.2 Å². The van der Waals surface area contributed by atoms with Gasteiger partial charge in [0.1, 0.15) is 11.3 Å². The van der Waals surface area contributed by atoms with Gasteiger partial charge in [0.25, 0.3) is 0 Å². The predicted octanol–water partition coefficient (Wildman–Crippen LogP) is 2.63. The van der Waals surface area contributed by atoms with Crippen LogP contribution in [0.1, 0.15) is 76.7 Å². The molecule has 0 spiro atoms. The van der Waals surface area contributed by atoms with Gasteiger partial charge in [-0.05, 0) is 75.8 Å². The van der Waals surface area contributed by atoms with Crippen molar-refractivity contribution >= 4 is 35.0 Å². The summed E-state index contributed by atoms with van der Waals surface area (Å²) >= 11 is 0. The number of hydrogen-bond acceptors (Lipinski definition) is 10. The summed E-state index contributed by atoms with van der Waals surface area (Å²) < 4.78 is 54.4. The Morgan fingerprint density at radius 2 is 1.84 bits per heavy atom. The fourth-order valence-corrected chi connectivity index (χ4v) is 7.20. The van der Waals surface area contributed by atoms with Crippen LogP contribution in [0.4, 0.5) is 0 Å². The van der Waals surface area contributed by atoms with E-state index in [4.69, 9.17) is 23.5 Å². The van der Waals surface area contributed by atoms with Crippen LogP contribution in [0.2, 0.25) is 0 Å². The number of amides is 1. The molecule has 1 aliphatic heterocycles. The third-order valence-electron chi connectivity index (χ3n) is 9.31. The number of methoxy groups -OCH3 is 1. The second-order valence-electron chi connectivity index (χ2n) is 13.9. The van der Waals surface area contributed by atoms with Gasteiger partial charge in [0, 0.05) is 13.0 Å². The Morgan fingerprint density at radius 3 is 2.45 bits per heavy atom. The second-order valence-corrected chi connectivity index (χ2v) is 15.7. The summed E-state index contributed by atoms with van der Waals surface area (Å²) in [6, 6.07) is 4.97. The third kappa shape index (κ3) is 7.24. The molecular formula is C30H45BN2O10S. The van der Waals surface area contributed by atoms with Crippen LogP contribution in [0.15, 0.2) is 18.2 Å². The van der Waals surface area contributed by atoms with Crippen molar-refractivity contribution in [3.05, 3.63) is 29.3 Å². The predicted molar refractivity (Wildman–Crippen MR) is 162 cm³/mol. The first kappa shape index (κ1) is 34.2. The molecular weight excluding hydrogens is 591 g/mol. The summed E-state index contributed by atoms with van der Waals surface area (Å²) in [4.78, 5) is 38.1. The molecule has 244 valence electrons. The maximum absolute atomic E-state index is 13.0. The Morgan fingerprint density at radius 1 is 1.14 bits per heavy atom. The maximum atomic E-state index is 13.0. The van der Waals surface area contributed by atoms with Crippen LogP contribution in [0, 0.1) is 22.7 Å². The average Bonchev–Trinajstić information content (AvgIpc) is 3.28. The van der Waals surface area contributed by atoms with Crippen LogP contribution in [-0.4, -0.2) is 77.7 Å². The number of carbonyl (C=O) groups is 3. The molecule has 2 N–H and O–H groups in total. The Labute approximate surface area is 260 Å². The zero-order valence-electron chi connectivity index (χ0n) is 26.9. The van der Waals surface area contributed by atoms with E-state index in [-0.39, 0.29) is 42.2 Å². The molecule has 1 heterocycles. The zero-order chi connectivity index (χ0) is 32.7. The SMILES string of the molecule is COc1c(CC(NC(=O)CCNS(C)(=O)=O)B2OC3CC4CC(C4(C)C)C3(C)O2)cccc1C(=O)OCOC(=O)C(C)(C)C. The van der Waals surface area contributed by atoms with Crippen molar-refractivity contribution in [2.24, 2.45) is 22.7 Å². The molecule has 1 saturated heterocycles. The number of benzene rings is 1. The highest BCUT2D eigenvalue weighted by atomic mass is 32.2. The highest BCUT2D eigenvalue weighted by molar-refractivity contribution is 7.88. The van der Waals surface area contributed by atoms with E-state index in [0.29, 0.717) is 17.4 Å². The molecule has 1 aromatic rings. The normalized spacial score (nSPS) is 26.2. The van der Waals surface area contributed by atoms with Crippen LogP contribution >= 0.6 is 0 Å². The van der Waals surface area contributed by atoms with Crippen LogP contribution in [0.5, 0.6) is 5.75 Å². The van der Waals surface area contributed by atoms with E-state index in [9.17, 15) is 22.8 Å². The molecule has 12 nitrogen and oxygen atoms in total. The van der Waals surface area contributed by atoms with Crippen molar-refractivity contribution in [3.63, 3.8) is 0 Å². The molecule has 1 aromatic carbocycles. The van der Waals surface area contributed by atoms with Gasteiger partial charge in [-0.25, -0.2) is 17.9 Å². The summed E-state index contributed by atoms with van der Waals surface area (Å²) in [5, 5.41) is 2.98. The van der Waals surface area contributed by atoms with Gasteiger partial charge in [-0.1, -0.05) is 26.0 Å². The minimum absolute atomic E-state index is 0.0630. The van der Waals surface area contributed by atoms with Gasteiger partial charge in [0.05, 0.1) is 36.4 Å². The zero-order valence-corrected chi connectivity index (χ0v) is 27.7. The summed E-state index contributed by atoms with van der Waals surface area (Å²) in [6.45, 7) is 11.1. The van der Waals surface area contributed by atoms with Crippen molar-refractivity contribution in [3.8, 4) is 5.75 Å². The smallest absolute Gasteiger partial charge is 0.482 e. The number of esters is 2. The van der Waals surface area contributed by atoms with Crippen molar-refractivity contribution in [1.82, 2.24) is 10.0 Å². The summed E-state index contributed by atoms with van der Waals surface area (Å²) in [5.74, 6) is -1.25. The molecule has 5 rings (SSSR count). The third-order valence-corrected chi connectivity index (χ3v) is 10.0. The number of para-hydroxylation sites is 1. The van der Waals surface area contributed by atoms with E-state index in [1.54, 1.807) is 32.9 Å². The standard InChI is InChI=1S/C30H45BN2O10S/c1-28(2,3)27(36)41-17-40-26(35)20-11-9-10-18(25(20)39-7)14-23(33-24(34)12-13-32-44(8,37)38)31-42-22-16-19-15-21(29(19,4)5)30(22,6)43-31/h9-11,19,21-23,32H,12-17H2,1-8H3,(H,33,34). The lowest BCUT2D eigenvalue weighted by molar-refractivity contribution is -0.199. The van der Waals surface area contributed by atoms with Gasteiger partial charge in [0.15, 0.2) is 0 Å². The minimum atomic E-state index is -3.46. The largest absolute Gasteiger partial charge is 0.496 e. The molecule has 3 saturated carbocycles. The van der Waals surface area contributed by atoms with Gasteiger partial charge < -0.3 is 28.8 Å². The van der Waals surface area contributed by atoms with Crippen molar-refractivity contribution in [1.29, 1.82) is 0 Å². The molecule has 0 aromatic heterocycles. The monoisotopic (exact) mass is 636 g/mol. The van der Waals surface area contributed by atoms with Crippen LogP contribution < -0.4 is 14.8 Å². The molecule has 2 bridgehead atoms. The topological polar surface area (TPSA) is 156 Å². The lowest BCUT2D eigenvalue weighted by Gasteiger charge is -2.64. The Balaban J connectivity index is 1.53. The first-order chi connectivity index (χ1) is 20.4. The van der Waals surface area contributed by atoms with Gasteiger partial charge in [0.2, 0.25) is 22.7 Å². The fraction of sp³-hybridized carbons (Fsp3) is 0.700. The summed E-state index contributed by atoms with van der Waals surface area (Å²) in [5.41, 5.74) is -0.442. The highest BCUT2D eigenvalue weighted by Gasteiger charge is 2.68. The van der Waals surface area contributed by atoms with Crippen molar-refractivity contribution < 1.29 is 46.3 Å². The van der Waals surface area contributed by atoms with E-state index in [2.05, 4.69) is 30.8 Å². The molecule has 0 radical (unpaired) electrons. The number of rotatable bonds is 12. The van der Waals surface area contributed by atoms with Crippen molar-refractivity contribution in [2.45, 2.75) is 84.9 Å². The summed E-state index contributed by atoms with van der Waals surface area (Å²) in [7, 11) is -2.82. The Kier molecular flexibility index (Phi) is 9.80. The van der Waals surface area contributed by atoms with Crippen LogP contribution in [0.3, 0.4) is 0 Å². The quantitative estimate of drug-likeness (QED) is 0.199. The molecule has 5 unspecified atom stereocenters. The number of carbonyl (C=O) groups excluding carboxylic acids is 3. The molecule has 4 aliphatic rings. The van der Waals surface area contributed by atoms with E-state index >= 15 is 0 Å². The van der Waals surface area contributed by atoms with Crippen LogP contribution in [-0.2, 0) is 44.8 Å². The number of ether oxygens (including phenoxy) is 3. The Bertz CT molecular complexity index is 1380. The summed E-state index contributed by atoms with van der Waals surface area (Å²) in [6.07, 6.45) is 2.91. The fourth-order valence-electron chi connectivity index (χ4n) is 6.73. The number of sulfonamides is 1. The van der Waals surface area contributed by atoms with Gasteiger partial charge in [-0.3, -0.25) is 9.59 Å². The Hall–Kier alpha value is -2.68. The lowest BCUT2D eigenvalue weighted by atomic mass is 9.43. The van der Waals surface area contributed by atoms with Crippen LogP contribution in [0.25, 0.3) is 0 Å². The first-order valence-electron chi connectivity index (χ1n) is 14.9. The molecule has 44 heavy (non-hydrogen) atoms. The molecule has 1 amide bonds. The number of hydrogen-bond donors (Lipinski definition) is 2. The minimum Gasteiger partial charge on any atom is -0.496 e.